The van der Waals surface area contributed by atoms with Gasteiger partial charge in [-0.15, -0.1) is 5.11 Å². The highest BCUT2D eigenvalue weighted by atomic mass is 16.3. The number of anilines is 1. The summed E-state index contributed by atoms with van der Waals surface area (Å²) in [5, 5.41) is 17.7. The minimum Gasteiger partial charge on any atom is -0.493 e. The Bertz CT molecular complexity index is 861. The van der Waals surface area contributed by atoms with Crippen molar-refractivity contribution in [1.29, 1.82) is 0 Å². The fourth-order valence-electron chi connectivity index (χ4n) is 2.33. The monoisotopic (exact) mass is 331 g/mol. The molecule has 8 nitrogen and oxygen atoms in total. The molecule has 8 heteroatoms. The molecule has 0 aliphatic heterocycles. The summed E-state index contributed by atoms with van der Waals surface area (Å²) in [6, 6.07) is 7.39. The van der Waals surface area contributed by atoms with Gasteiger partial charge in [0.25, 0.3) is 5.56 Å². The zero-order chi connectivity index (χ0) is 17.9. The van der Waals surface area contributed by atoms with E-state index in [-0.39, 0.29) is 5.69 Å². The van der Waals surface area contributed by atoms with E-state index in [0.29, 0.717) is 5.69 Å². The van der Waals surface area contributed by atoms with Crippen molar-refractivity contribution in [2.24, 2.45) is 24.3 Å². The summed E-state index contributed by atoms with van der Waals surface area (Å²) < 4.78 is 1.82. The van der Waals surface area contributed by atoms with Gasteiger partial charge in [0.05, 0.1) is 5.69 Å². The first-order chi connectivity index (χ1) is 11.4. The van der Waals surface area contributed by atoms with Crippen LogP contribution in [0.3, 0.4) is 0 Å². The number of hydrogen-bond donors (Lipinski definition) is 1. The van der Waals surface area contributed by atoms with E-state index in [0.717, 1.165) is 27.9 Å². The largest absolute Gasteiger partial charge is 0.493 e. The average molecular weight is 331 g/mol. The van der Waals surface area contributed by atoms with E-state index in [2.05, 4.69) is 29.0 Å². The lowest BCUT2D eigenvalue weighted by molar-refractivity contribution is 0.413. The van der Waals surface area contributed by atoms with Crippen LogP contribution in [0.1, 0.15) is 13.8 Å². The molecule has 24 heavy (non-hydrogen) atoms. The SMILES string of the molecule is CCN(CC)c1ccc(N=Nc2c(O)n(C)c(=O)n(C)c2=O)cc1. The zero-order valence-corrected chi connectivity index (χ0v) is 14.2. The van der Waals surface area contributed by atoms with E-state index < -0.39 is 17.1 Å². The predicted octanol–water partition coefficient (Wildman–Crippen LogP) is 2.05. The third-order valence-corrected chi connectivity index (χ3v) is 3.85. The molecule has 0 amide bonds. The van der Waals surface area contributed by atoms with Crippen molar-refractivity contribution in [1.82, 2.24) is 9.13 Å². The number of benzene rings is 1. The third kappa shape index (κ3) is 3.22. The first-order valence-corrected chi connectivity index (χ1v) is 7.66. The fourth-order valence-corrected chi connectivity index (χ4v) is 2.33. The highest BCUT2D eigenvalue weighted by Gasteiger charge is 2.14. The van der Waals surface area contributed by atoms with Crippen molar-refractivity contribution in [3.63, 3.8) is 0 Å². The zero-order valence-electron chi connectivity index (χ0n) is 14.2. The first kappa shape index (κ1) is 17.5. The summed E-state index contributed by atoms with van der Waals surface area (Å²) in [6.07, 6.45) is 0. The van der Waals surface area contributed by atoms with E-state index in [1.165, 1.54) is 14.1 Å². The molecule has 1 aromatic carbocycles. The highest BCUT2D eigenvalue weighted by Crippen LogP contribution is 2.24. The third-order valence-electron chi connectivity index (χ3n) is 3.85. The Morgan fingerprint density at radius 3 is 2.12 bits per heavy atom. The molecule has 2 rings (SSSR count). The van der Waals surface area contributed by atoms with Gasteiger partial charge in [0.2, 0.25) is 11.6 Å². The van der Waals surface area contributed by atoms with Gasteiger partial charge in [-0.1, -0.05) is 0 Å². The Kier molecular flexibility index (Phi) is 5.18. The van der Waals surface area contributed by atoms with Gasteiger partial charge in [-0.2, -0.15) is 5.11 Å². The predicted molar refractivity (Wildman–Crippen MR) is 92.8 cm³/mol. The molecule has 0 bridgehead atoms. The van der Waals surface area contributed by atoms with Crippen molar-refractivity contribution in [3.8, 4) is 5.88 Å². The second kappa shape index (κ2) is 7.12. The molecule has 0 unspecified atom stereocenters. The molecule has 1 aromatic heterocycles. The quantitative estimate of drug-likeness (QED) is 0.849. The van der Waals surface area contributed by atoms with Crippen LogP contribution in [0.15, 0.2) is 44.1 Å². The van der Waals surface area contributed by atoms with Crippen LogP contribution in [-0.2, 0) is 14.1 Å². The minimum atomic E-state index is -0.695. The Balaban J connectivity index is 2.36. The lowest BCUT2D eigenvalue weighted by atomic mass is 10.2. The van der Waals surface area contributed by atoms with Crippen LogP contribution in [0.4, 0.5) is 17.1 Å². The van der Waals surface area contributed by atoms with Gasteiger partial charge in [-0.25, -0.2) is 4.79 Å². The number of hydrogen-bond acceptors (Lipinski definition) is 6. The van der Waals surface area contributed by atoms with Gasteiger partial charge < -0.3 is 10.0 Å². The second-order valence-electron chi connectivity index (χ2n) is 5.27. The molecule has 0 fully saturated rings. The summed E-state index contributed by atoms with van der Waals surface area (Å²) in [6.45, 7) is 5.96. The van der Waals surface area contributed by atoms with Crippen molar-refractivity contribution in [3.05, 3.63) is 45.1 Å². The van der Waals surface area contributed by atoms with Gasteiger partial charge in [-0.05, 0) is 38.1 Å². The summed E-state index contributed by atoms with van der Waals surface area (Å²) in [5.74, 6) is -0.508. The molecule has 0 radical (unpaired) electrons. The van der Waals surface area contributed by atoms with Crippen LogP contribution in [0.2, 0.25) is 0 Å². The highest BCUT2D eigenvalue weighted by molar-refractivity contribution is 5.53. The fraction of sp³-hybridized carbons (Fsp3) is 0.375. The van der Waals surface area contributed by atoms with Crippen molar-refractivity contribution < 1.29 is 5.11 Å². The molecule has 2 aromatic rings. The molecule has 0 aliphatic carbocycles. The molecule has 0 saturated heterocycles. The lowest BCUT2D eigenvalue weighted by Gasteiger charge is -2.20. The van der Waals surface area contributed by atoms with Crippen LogP contribution in [0.25, 0.3) is 0 Å². The summed E-state index contributed by atoms with van der Waals surface area (Å²) in [5.41, 5.74) is 0.0209. The lowest BCUT2D eigenvalue weighted by Crippen LogP contribution is -2.36. The molecular formula is C16H21N5O3. The number of aromatic nitrogens is 2. The summed E-state index contributed by atoms with van der Waals surface area (Å²) in [4.78, 5) is 25.9. The smallest absolute Gasteiger partial charge is 0.333 e. The van der Waals surface area contributed by atoms with Gasteiger partial charge in [0, 0.05) is 32.9 Å². The van der Waals surface area contributed by atoms with E-state index in [4.69, 9.17) is 0 Å². The normalized spacial score (nSPS) is 11.2. The second-order valence-corrected chi connectivity index (χ2v) is 5.27. The molecule has 0 atom stereocenters. The van der Waals surface area contributed by atoms with Crippen LogP contribution >= 0.6 is 0 Å². The number of nitrogens with zero attached hydrogens (tertiary/aromatic N) is 5. The Hall–Kier alpha value is -2.90. The van der Waals surface area contributed by atoms with Gasteiger partial charge in [0.15, 0.2) is 0 Å². The molecule has 0 saturated carbocycles. The number of aromatic hydroxyl groups is 1. The van der Waals surface area contributed by atoms with Crippen LogP contribution in [0.5, 0.6) is 5.88 Å². The molecule has 128 valence electrons. The standard InChI is InChI=1S/C16H21N5O3/c1-5-21(6-2)12-9-7-11(8-10-12)17-18-13-14(22)19(3)16(24)20(4)15(13)23/h7-10,22H,5-6H2,1-4H3. The molecule has 1 N–H and O–H groups in total. The Morgan fingerprint density at radius 2 is 1.58 bits per heavy atom. The number of rotatable bonds is 5. The van der Waals surface area contributed by atoms with Gasteiger partial charge in [0.1, 0.15) is 0 Å². The first-order valence-electron chi connectivity index (χ1n) is 7.66. The van der Waals surface area contributed by atoms with E-state index in [1.807, 2.05) is 12.1 Å². The van der Waals surface area contributed by atoms with E-state index >= 15 is 0 Å². The van der Waals surface area contributed by atoms with Gasteiger partial charge >= 0.3 is 5.69 Å². The maximum atomic E-state index is 12.0. The van der Waals surface area contributed by atoms with Gasteiger partial charge in [-0.3, -0.25) is 13.9 Å². The van der Waals surface area contributed by atoms with E-state index in [9.17, 15) is 14.7 Å². The Morgan fingerprint density at radius 1 is 1.00 bits per heavy atom. The van der Waals surface area contributed by atoms with Crippen molar-refractivity contribution in [2.75, 3.05) is 18.0 Å². The summed E-state index contributed by atoms with van der Waals surface area (Å²) >= 11 is 0. The maximum Gasteiger partial charge on any atom is 0.333 e. The van der Waals surface area contributed by atoms with Crippen molar-refractivity contribution >= 4 is 17.1 Å². The van der Waals surface area contributed by atoms with Crippen LogP contribution in [-0.4, -0.2) is 27.3 Å². The van der Waals surface area contributed by atoms with Crippen LogP contribution in [0, 0.1) is 0 Å². The average Bonchev–Trinajstić information content (AvgIpc) is 2.60. The molecule has 0 aliphatic rings. The molecule has 1 heterocycles. The number of azo groups is 1. The van der Waals surface area contributed by atoms with Crippen molar-refractivity contribution in [2.45, 2.75) is 13.8 Å². The molecular weight excluding hydrogens is 310 g/mol. The summed E-state index contributed by atoms with van der Waals surface area (Å²) in [7, 11) is 2.68. The molecule has 0 spiro atoms. The Labute approximate surface area is 139 Å². The maximum absolute atomic E-state index is 12.0. The van der Waals surface area contributed by atoms with E-state index in [1.54, 1.807) is 12.1 Å². The minimum absolute atomic E-state index is 0.271. The topological polar surface area (TPSA) is 92.2 Å². The van der Waals surface area contributed by atoms with Crippen LogP contribution < -0.4 is 16.1 Å².